The second-order valence-electron chi connectivity index (χ2n) is 6.81. The second-order valence-corrected chi connectivity index (χ2v) is 8.72. The van der Waals surface area contributed by atoms with E-state index in [1.54, 1.807) is 6.07 Å². The number of nitrogens with one attached hydrogen (secondary N) is 1. The van der Waals surface area contributed by atoms with E-state index < -0.39 is 10.0 Å². The molecule has 0 heterocycles. The molecule has 2 aromatic rings. The summed E-state index contributed by atoms with van der Waals surface area (Å²) < 4.78 is 44.0. The molecule has 0 atom stereocenters. The molecule has 29 heavy (non-hydrogen) atoms. The first kappa shape index (κ1) is 22.7. The first-order valence-corrected chi connectivity index (χ1v) is 11.2. The van der Waals surface area contributed by atoms with Crippen molar-refractivity contribution in [2.24, 2.45) is 0 Å². The average molecular weight is 423 g/mol. The Balaban J connectivity index is 1.79. The predicted octanol–water partition coefficient (Wildman–Crippen LogP) is 3.18. The lowest BCUT2D eigenvalue weighted by Crippen LogP contribution is -2.33. The Morgan fingerprint density at radius 3 is 2.48 bits per heavy atom. The Hall–Kier alpha value is -2.61. The van der Waals surface area contributed by atoms with Gasteiger partial charge in [-0.1, -0.05) is 12.1 Å². The van der Waals surface area contributed by atoms with Crippen LogP contribution in [0.1, 0.15) is 24.0 Å². The number of sulfonamides is 1. The second kappa shape index (κ2) is 10.2. The number of amides is 1. The average Bonchev–Trinajstić information content (AvgIpc) is 2.65. The number of hydrogen-bond acceptors (Lipinski definition) is 4. The highest BCUT2D eigenvalue weighted by Gasteiger charge is 2.19. The van der Waals surface area contributed by atoms with Crippen LogP contribution in [-0.4, -0.2) is 40.3 Å². The predicted molar refractivity (Wildman–Crippen MR) is 112 cm³/mol. The van der Waals surface area contributed by atoms with Gasteiger partial charge in [-0.15, -0.1) is 0 Å². The van der Waals surface area contributed by atoms with E-state index in [2.05, 4.69) is 5.32 Å². The van der Waals surface area contributed by atoms with Crippen LogP contribution >= 0.6 is 0 Å². The number of rotatable bonds is 10. The van der Waals surface area contributed by atoms with Gasteiger partial charge >= 0.3 is 0 Å². The van der Waals surface area contributed by atoms with Crippen LogP contribution in [0.25, 0.3) is 0 Å². The molecule has 0 bridgehead atoms. The largest absolute Gasteiger partial charge is 0.492 e. The first-order chi connectivity index (χ1) is 13.7. The molecule has 0 saturated carbocycles. The molecule has 1 amide bonds. The van der Waals surface area contributed by atoms with Gasteiger partial charge in [-0.2, -0.15) is 0 Å². The Morgan fingerprint density at radius 1 is 1.14 bits per heavy atom. The van der Waals surface area contributed by atoms with E-state index in [0.717, 1.165) is 11.1 Å². The van der Waals surface area contributed by atoms with Crippen molar-refractivity contribution in [1.82, 2.24) is 5.32 Å². The molecule has 1 N–H and O–H groups in total. The Morgan fingerprint density at radius 2 is 1.83 bits per heavy atom. The van der Waals surface area contributed by atoms with E-state index in [9.17, 15) is 17.6 Å². The van der Waals surface area contributed by atoms with Crippen LogP contribution in [0.15, 0.2) is 42.5 Å². The summed E-state index contributed by atoms with van der Waals surface area (Å²) in [5.41, 5.74) is 2.55. The fraction of sp³-hybridized carbons (Fsp3) is 0.381. The summed E-state index contributed by atoms with van der Waals surface area (Å²) >= 11 is 0. The van der Waals surface area contributed by atoms with Crippen molar-refractivity contribution < 1.29 is 22.3 Å². The third kappa shape index (κ3) is 7.05. The number of carbonyl (C=O) groups excluding carboxylic acids is 1. The number of nitrogens with zero attached hydrogens (tertiary/aromatic N) is 1. The monoisotopic (exact) mass is 422 g/mol. The molecule has 0 saturated heterocycles. The quantitative estimate of drug-likeness (QED) is 0.597. The third-order valence-corrected chi connectivity index (χ3v) is 5.70. The van der Waals surface area contributed by atoms with Gasteiger partial charge in [0.1, 0.15) is 18.2 Å². The van der Waals surface area contributed by atoms with Crippen LogP contribution in [-0.2, 0) is 14.8 Å². The molecule has 0 aliphatic heterocycles. The van der Waals surface area contributed by atoms with Crippen molar-refractivity contribution in [2.75, 3.05) is 30.3 Å². The number of ether oxygens (including phenoxy) is 1. The van der Waals surface area contributed by atoms with Gasteiger partial charge < -0.3 is 10.1 Å². The maximum absolute atomic E-state index is 12.8. The molecule has 0 aliphatic carbocycles. The highest BCUT2D eigenvalue weighted by molar-refractivity contribution is 7.92. The number of benzene rings is 2. The SMILES string of the molecule is Cc1cccc(N(CCCC(=O)NCCOc2ccc(F)cc2)S(C)(=O)=O)c1C. The van der Waals surface area contributed by atoms with Gasteiger partial charge in [0.2, 0.25) is 15.9 Å². The molecule has 2 aromatic carbocycles. The smallest absolute Gasteiger partial charge is 0.232 e. The lowest BCUT2D eigenvalue weighted by atomic mass is 10.1. The highest BCUT2D eigenvalue weighted by atomic mass is 32.2. The summed E-state index contributed by atoms with van der Waals surface area (Å²) in [5.74, 6) is 0.00901. The standard InChI is InChI=1S/C21H27FN2O4S/c1-16-6-4-7-20(17(16)2)24(29(3,26)27)14-5-8-21(25)23-13-15-28-19-11-9-18(22)10-12-19/h4,6-7,9-12H,5,8,13-15H2,1-3H3,(H,23,25). The zero-order chi connectivity index (χ0) is 21.4. The van der Waals surface area contributed by atoms with Crippen LogP contribution in [0, 0.1) is 19.7 Å². The number of anilines is 1. The van der Waals surface area contributed by atoms with Crippen molar-refractivity contribution >= 4 is 21.6 Å². The zero-order valence-corrected chi connectivity index (χ0v) is 17.8. The molecule has 8 heteroatoms. The summed E-state index contributed by atoms with van der Waals surface area (Å²) in [5, 5.41) is 2.73. The minimum absolute atomic E-state index is 0.179. The Labute approximate surface area is 171 Å². The van der Waals surface area contributed by atoms with Crippen LogP contribution in [0.3, 0.4) is 0 Å². The normalized spacial score (nSPS) is 11.2. The van der Waals surface area contributed by atoms with Crippen LogP contribution in [0.2, 0.25) is 0 Å². The van der Waals surface area contributed by atoms with Gasteiger partial charge in [-0.25, -0.2) is 12.8 Å². The lowest BCUT2D eigenvalue weighted by Gasteiger charge is -2.24. The molecule has 158 valence electrons. The molecular formula is C21H27FN2O4S. The van der Waals surface area contributed by atoms with E-state index in [-0.39, 0.29) is 31.3 Å². The van der Waals surface area contributed by atoms with Crippen LogP contribution in [0.5, 0.6) is 5.75 Å². The number of halogens is 1. The van der Waals surface area contributed by atoms with Crippen molar-refractivity contribution in [3.05, 3.63) is 59.4 Å². The highest BCUT2D eigenvalue weighted by Crippen LogP contribution is 2.25. The maximum Gasteiger partial charge on any atom is 0.232 e. The molecule has 2 rings (SSSR count). The van der Waals surface area contributed by atoms with Gasteiger partial charge in [0.25, 0.3) is 0 Å². The summed E-state index contributed by atoms with van der Waals surface area (Å²) in [6.07, 6.45) is 1.76. The van der Waals surface area contributed by atoms with E-state index in [1.165, 1.54) is 34.8 Å². The molecule has 0 fully saturated rings. The minimum atomic E-state index is -3.45. The molecule has 0 aliphatic rings. The molecule has 0 unspecified atom stereocenters. The van der Waals surface area contributed by atoms with E-state index in [0.29, 0.717) is 24.4 Å². The summed E-state index contributed by atoms with van der Waals surface area (Å²) in [4.78, 5) is 12.0. The summed E-state index contributed by atoms with van der Waals surface area (Å²) in [6, 6.07) is 11.2. The number of hydrogen-bond donors (Lipinski definition) is 1. The number of aryl methyl sites for hydroxylation is 1. The fourth-order valence-corrected chi connectivity index (χ4v) is 3.85. The Kier molecular flexibility index (Phi) is 8.01. The molecule has 0 spiro atoms. The summed E-state index contributed by atoms with van der Waals surface area (Å²) in [7, 11) is -3.45. The van der Waals surface area contributed by atoms with E-state index in [1.807, 2.05) is 26.0 Å². The molecule has 0 radical (unpaired) electrons. The van der Waals surface area contributed by atoms with E-state index in [4.69, 9.17) is 4.74 Å². The number of carbonyl (C=O) groups is 1. The van der Waals surface area contributed by atoms with Gasteiger partial charge in [0.05, 0.1) is 18.5 Å². The zero-order valence-electron chi connectivity index (χ0n) is 16.9. The molecule has 6 nitrogen and oxygen atoms in total. The van der Waals surface area contributed by atoms with Gasteiger partial charge in [0, 0.05) is 13.0 Å². The third-order valence-electron chi connectivity index (χ3n) is 4.52. The van der Waals surface area contributed by atoms with Gasteiger partial charge in [0.15, 0.2) is 0 Å². The van der Waals surface area contributed by atoms with Crippen molar-refractivity contribution in [3.8, 4) is 5.75 Å². The van der Waals surface area contributed by atoms with Crippen molar-refractivity contribution in [2.45, 2.75) is 26.7 Å². The molecular weight excluding hydrogens is 395 g/mol. The topological polar surface area (TPSA) is 75.7 Å². The fourth-order valence-electron chi connectivity index (χ4n) is 2.83. The van der Waals surface area contributed by atoms with Gasteiger partial charge in [-0.3, -0.25) is 9.10 Å². The minimum Gasteiger partial charge on any atom is -0.492 e. The van der Waals surface area contributed by atoms with Crippen molar-refractivity contribution in [1.29, 1.82) is 0 Å². The summed E-state index contributed by atoms with van der Waals surface area (Å²) in [6.45, 7) is 4.61. The van der Waals surface area contributed by atoms with Crippen molar-refractivity contribution in [3.63, 3.8) is 0 Å². The Bertz CT molecular complexity index is 930. The van der Waals surface area contributed by atoms with Crippen LogP contribution < -0.4 is 14.4 Å². The van der Waals surface area contributed by atoms with Gasteiger partial charge in [-0.05, 0) is 61.7 Å². The maximum atomic E-state index is 12.8. The van der Waals surface area contributed by atoms with E-state index >= 15 is 0 Å². The van der Waals surface area contributed by atoms with Crippen LogP contribution in [0.4, 0.5) is 10.1 Å². The first-order valence-electron chi connectivity index (χ1n) is 9.37. The lowest BCUT2D eigenvalue weighted by molar-refractivity contribution is -0.121. The molecule has 0 aromatic heterocycles.